The summed E-state index contributed by atoms with van der Waals surface area (Å²) in [6.07, 6.45) is 0. The molecule has 2 unspecified atom stereocenters. The van der Waals surface area contributed by atoms with Gasteiger partial charge in [0, 0.05) is 17.0 Å². The van der Waals surface area contributed by atoms with Crippen molar-refractivity contribution in [3.05, 3.63) is 57.0 Å². The minimum atomic E-state index is -0.205. The number of rotatable bonds is 4. The average molecular weight is 284 g/mol. The largest absolute Gasteiger partial charge is 0.303 e. The number of benzene rings is 1. The van der Waals surface area contributed by atoms with E-state index in [2.05, 4.69) is 19.2 Å². The molecule has 0 fully saturated rings. The highest BCUT2D eigenvalue weighted by molar-refractivity contribution is 7.16. The lowest BCUT2D eigenvalue weighted by Crippen LogP contribution is -2.21. The zero-order valence-electron chi connectivity index (χ0n) is 10.3. The van der Waals surface area contributed by atoms with Gasteiger partial charge in [0.2, 0.25) is 0 Å². The van der Waals surface area contributed by atoms with Gasteiger partial charge in [0.15, 0.2) is 0 Å². The van der Waals surface area contributed by atoms with E-state index in [-0.39, 0.29) is 17.9 Å². The predicted octanol–water partition coefficient (Wildman–Crippen LogP) is 4.95. The second kappa shape index (κ2) is 5.83. The summed E-state index contributed by atoms with van der Waals surface area (Å²) in [6, 6.07) is 10.9. The zero-order valence-corrected chi connectivity index (χ0v) is 11.9. The Kier molecular flexibility index (Phi) is 4.38. The molecule has 1 N–H and O–H groups in total. The highest BCUT2D eigenvalue weighted by Gasteiger charge is 2.12. The van der Waals surface area contributed by atoms with Crippen LogP contribution >= 0.6 is 22.9 Å². The average Bonchev–Trinajstić information content (AvgIpc) is 2.76. The van der Waals surface area contributed by atoms with Gasteiger partial charge in [-0.2, -0.15) is 0 Å². The molecule has 1 nitrogen and oxygen atoms in total. The Morgan fingerprint density at radius 3 is 2.28 bits per heavy atom. The van der Waals surface area contributed by atoms with Crippen molar-refractivity contribution >= 4 is 22.9 Å². The minimum absolute atomic E-state index is 0.168. The second-order valence-electron chi connectivity index (χ2n) is 4.30. The molecule has 4 heteroatoms. The SMILES string of the molecule is CC(NC(C)c1ccc(Cl)s1)c1ccc(F)cc1. The van der Waals surface area contributed by atoms with Gasteiger partial charge in [0.1, 0.15) is 5.82 Å². The van der Waals surface area contributed by atoms with E-state index in [0.717, 1.165) is 9.90 Å². The van der Waals surface area contributed by atoms with Crippen molar-refractivity contribution in [1.29, 1.82) is 0 Å². The summed E-state index contributed by atoms with van der Waals surface area (Å²) in [6.45, 7) is 4.17. The van der Waals surface area contributed by atoms with Gasteiger partial charge >= 0.3 is 0 Å². The van der Waals surface area contributed by atoms with Crippen LogP contribution in [0.25, 0.3) is 0 Å². The molecule has 0 saturated carbocycles. The van der Waals surface area contributed by atoms with E-state index in [1.165, 1.54) is 17.0 Å². The monoisotopic (exact) mass is 283 g/mol. The van der Waals surface area contributed by atoms with Crippen molar-refractivity contribution in [1.82, 2.24) is 5.32 Å². The summed E-state index contributed by atoms with van der Waals surface area (Å²) in [4.78, 5) is 1.20. The first kappa shape index (κ1) is 13.5. The molecule has 2 rings (SSSR count). The van der Waals surface area contributed by atoms with Crippen LogP contribution < -0.4 is 5.32 Å². The van der Waals surface area contributed by atoms with Gasteiger partial charge in [0.05, 0.1) is 4.34 Å². The van der Waals surface area contributed by atoms with Gasteiger partial charge in [-0.25, -0.2) is 4.39 Å². The molecular formula is C14H15ClFNS. The molecule has 1 aromatic carbocycles. The fourth-order valence-electron chi connectivity index (χ4n) is 1.87. The summed E-state index contributed by atoms with van der Waals surface area (Å²) in [7, 11) is 0. The summed E-state index contributed by atoms with van der Waals surface area (Å²) < 4.78 is 13.6. The molecule has 2 atom stereocenters. The first-order valence-corrected chi connectivity index (χ1v) is 7.02. The van der Waals surface area contributed by atoms with Gasteiger partial charge < -0.3 is 5.32 Å². The smallest absolute Gasteiger partial charge is 0.123 e. The quantitative estimate of drug-likeness (QED) is 0.837. The van der Waals surface area contributed by atoms with Crippen LogP contribution in [0.3, 0.4) is 0 Å². The number of nitrogens with one attached hydrogen (secondary N) is 1. The molecule has 0 bridgehead atoms. The fraction of sp³-hybridized carbons (Fsp3) is 0.286. The maximum atomic E-state index is 12.8. The first-order valence-electron chi connectivity index (χ1n) is 5.83. The van der Waals surface area contributed by atoms with Crippen LogP contribution in [0, 0.1) is 5.82 Å². The van der Waals surface area contributed by atoms with Crippen molar-refractivity contribution in [3.8, 4) is 0 Å². The summed E-state index contributed by atoms with van der Waals surface area (Å²) in [5, 5.41) is 3.47. The maximum Gasteiger partial charge on any atom is 0.123 e. The summed E-state index contributed by atoms with van der Waals surface area (Å²) >= 11 is 7.50. The van der Waals surface area contributed by atoms with Crippen molar-refractivity contribution in [2.75, 3.05) is 0 Å². The molecule has 0 aliphatic heterocycles. The first-order chi connectivity index (χ1) is 8.56. The lowest BCUT2D eigenvalue weighted by Gasteiger charge is -2.19. The number of halogens is 2. The van der Waals surface area contributed by atoms with Crippen molar-refractivity contribution in [2.24, 2.45) is 0 Å². The molecule has 96 valence electrons. The van der Waals surface area contributed by atoms with E-state index in [9.17, 15) is 4.39 Å². The molecule has 18 heavy (non-hydrogen) atoms. The van der Waals surface area contributed by atoms with E-state index >= 15 is 0 Å². The van der Waals surface area contributed by atoms with Gasteiger partial charge in [-0.05, 0) is 43.7 Å². The molecule has 0 saturated heterocycles. The molecule has 0 radical (unpaired) electrons. The molecule has 1 heterocycles. The predicted molar refractivity (Wildman–Crippen MR) is 75.7 cm³/mol. The third kappa shape index (κ3) is 3.31. The Labute approximate surface area is 116 Å². The maximum absolute atomic E-state index is 12.8. The molecular weight excluding hydrogens is 269 g/mol. The number of thiophene rings is 1. The fourth-order valence-corrected chi connectivity index (χ4v) is 2.94. The van der Waals surface area contributed by atoms with E-state index in [4.69, 9.17) is 11.6 Å². The topological polar surface area (TPSA) is 12.0 Å². The highest BCUT2D eigenvalue weighted by atomic mass is 35.5. The number of hydrogen-bond acceptors (Lipinski definition) is 2. The van der Waals surface area contributed by atoms with Crippen LogP contribution in [-0.4, -0.2) is 0 Å². The van der Waals surface area contributed by atoms with Crippen LogP contribution in [0.5, 0.6) is 0 Å². The van der Waals surface area contributed by atoms with E-state index in [1.54, 1.807) is 23.5 Å². The lowest BCUT2D eigenvalue weighted by atomic mass is 10.1. The van der Waals surface area contributed by atoms with Gasteiger partial charge in [0.25, 0.3) is 0 Å². The third-order valence-corrected chi connectivity index (χ3v) is 4.30. The molecule has 2 aromatic rings. The molecule has 0 spiro atoms. The standard InChI is InChI=1S/C14H15ClFNS/c1-9(11-3-5-12(16)6-4-11)17-10(2)13-7-8-14(15)18-13/h3-10,17H,1-2H3. The van der Waals surface area contributed by atoms with Gasteiger partial charge in [-0.3, -0.25) is 0 Å². The Balaban J connectivity index is 2.02. The highest BCUT2D eigenvalue weighted by Crippen LogP contribution is 2.28. The summed E-state index contributed by atoms with van der Waals surface area (Å²) in [5.74, 6) is -0.205. The Morgan fingerprint density at radius 1 is 1.06 bits per heavy atom. The van der Waals surface area contributed by atoms with Crippen LogP contribution in [0.1, 0.15) is 36.4 Å². The van der Waals surface area contributed by atoms with Crippen LogP contribution in [-0.2, 0) is 0 Å². The Hall–Kier alpha value is -0.900. The number of hydrogen-bond donors (Lipinski definition) is 1. The second-order valence-corrected chi connectivity index (χ2v) is 6.05. The van der Waals surface area contributed by atoms with E-state index < -0.39 is 0 Å². The Bertz CT molecular complexity index is 509. The minimum Gasteiger partial charge on any atom is -0.303 e. The van der Waals surface area contributed by atoms with Crippen LogP contribution in [0.4, 0.5) is 4.39 Å². The summed E-state index contributed by atoms with van der Waals surface area (Å²) in [5.41, 5.74) is 1.07. The zero-order chi connectivity index (χ0) is 13.1. The molecule has 0 aliphatic carbocycles. The van der Waals surface area contributed by atoms with Gasteiger partial charge in [-0.1, -0.05) is 23.7 Å². The van der Waals surface area contributed by atoms with Crippen molar-refractivity contribution in [2.45, 2.75) is 25.9 Å². The normalized spacial score (nSPS) is 14.4. The van der Waals surface area contributed by atoms with E-state index in [1.807, 2.05) is 12.1 Å². The van der Waals surface area contributed by atoms with E-state index in [0.29, 0.717) is 0 Å². The van der Waals surface area contributed by atoms with Crippen molar-refractivity contribution in [3.63, 3.8) is 0 Å². The van der Waals surface area contributed by atoms with Crippen LogP contribution in [0.15, 0.2) is 36.4 Å². The van der Waals surface area contributed by atoms with Gasteiger partial charge in [-0.15, -0.1) is 11.3 Å². The lowest BCUT2D eigenvalue weighted by molar-refractivity contribution is 0.499. The Morgan fingerprint density at radius 2 is 1.72 bits per heavy atom. The molecule has 0 amide bonds. The third-order valence-electron chi connectivity index (χ3n) is 2.89. The molecule has 1 aromatic heterocycles. The molecule has 0 aliphatic rings. The van der Waals surface area contributed by atoms with Crippen LogP contribution in [0.2, 0.25) is 4.34 Å². The van der Waals surface area contributed by atoms with Crippen molar-refractivity contribution < 1.29 is 4.39 Å².